The molecule has 4 aliphatic carbocycles. The van der Waals surface area contributed by atoms with E-state index in [4.69, 9.17) is 52.1 Å². The van der Waals surface area contributed by atoms with Crippen molar-refractivity contribution in [2.45, 2.75) is 98.8 Å². The molecule has 2 aromatic carbocycles. The third-order valence-corrected chi connectivity index (χ3v) is 12.7. The minimum atomic E-state index is -0.0759. The molecule has 6 heterocycles. The first-order valence-electron chi connectivity index (χ1n) is 19.8. The van der Waals surface area contributed by atoms with Gasteiger partial charge in [0, 0.05) is 27.5 Å². The van der Waals surface area contributed by atoms with E-state index in [1.54, 1.807) is 0 Å². The monoisotopic (exact) mass is 718 g/mol. The van der Waals surface area contributed by atoms with E-state index < -0.39 is 0 Å². The number of hydrogen-bond acceptors (Lipinski definition) is 11. The van der Waals surface area contributed by atoms with Crippen LogP contribution in [-0.4, -0.2) is 109 Å². The van der Waals surface area contributed by atoms with Crippen LogP contribution in [0.4, 0.5) is 0 Å². The number of hydrogen-bond donors (Lipinski definition) is 0. The van der Waals surface area contributed by atoms with Gasteiger partial charge in [-0.3, -0.25) is 0 Å². The van der Waals surface area contributed by atoms with Crippen LogP contribution in [0.3, 0.4) is 0 Å². The van der Waals surface area contributed by atoms with Crippen molar-refractivity contribution in [3.05, 3.63) is 41.0 Å². The van der Waals surface area contributed by atoms with Crippen LogP contribution >= 0.6 is 0 Å². The third-order valence-electron chi connectivity index (χ3n) is 12.7. The van der Waals surface area contributed by atoms with E-state index in [2.05, 4.69) is 24.3 Å². The van der Waals surface area contributed by atoms with Crippen molar-refractivity contribution in [3.63, 3.8) is 0 Å². The third kappa shape index (κ3) is 6.86. The molecule has 11 nitrogen and oxygen atoms in total. The Morgan fingerprint density at radius 1 is 0.481 bits per heavy atom. The maximum absolute atomic E-state index is 6.90. The smallest absolute Gasteiger partial charge is 0.203 e. The van der Waals surface area contributed by atoms with Gasteiger partial charge in [0.1, 0.15) is 75.1 Å². The lowest BCUT2D eigenvalue weighted by Crippen LogP contribution is -2.56. The van der Waals surface area contributed by atoms with Crippen LogP contribution in [0.1, 0.15) is 61.6 Å². The Morgan fingerprint density at radius 2 is 0.904 bits per heavy atom. The molecule has 280 valence electrons. The Balaban J connectivity index is 0.987. The van der Waals surface area contributed by atoms with Crippen LogP contribution in [0.15, 0.2) is 24.3 Å². The molecule has 0 N–H and O–H groups in total. The predicted octanol–water partition coefficient (Wildman–Crippen LogP) is 4.70. The summed E-state index contributed by atoms with van der Waals surface area (Å²) in [4.78, 5) is 0. The van der Waals surface area contributed by atoms with Crippen molar-refractivity contribution in [2.75, 3.05) is 72.7 Å². The molecule has 0 aromatic heterocycles. The zero-order chi connectivity index (χ0) is 34.3. The standard InChI is InChI=1S/C41H50O11/c1(26-12-42-26)2-32-35(48-18-27-13-43-27)5-3-33(37(32)50-20-29-15-45-29)40-8-24-7-25(9-40)11-41(10-24,23-40)34-4-6-36(49-19-28-14-44-28)39(52-22-31-17-47-31)38(34)51-21-30-16-46-30/h3-6,24-31H,1-2,7-23H2. The first-order chi connectivity index (χ1) is 25.6. The van der Waals surface area contributed by atoms with Gasteiger partial charge in [0.25, 0.3) is 0 Å². The molecule has 52 heavy (non-hydrogen) atoms. The second kappa shape index (κ2) is 12.9. The molecule has 4 bridgehead atoms. The van der Waals surface area contributed by atoms with E-state index in [-0.39, 0.29) is 41.3 Å². The van der Waals surface area contributed by atoms with Crippen molar-refractivity contribution >= 4 is 0 Å². The molecule has 6 aliphatic heterocycles. The number of benzene rings is 2. The number of ether oxygens (including phenoxy) is 11. The summed E-state index contributed by atoms with van der Waals surface area (Å²) in [5.74, 6) is 5.37. The van der Waals surface area contributed by atoms with Crippen LogP contribution < -0.4 is 23.7 Å². The summed E-state index contributed by atoms with van der Waals surface area (Å²) in [6.07, 6.45) is 9.74. The second-order valence-electron chi connectivity index (χ2n) is 17.0. The Morgan fingerprint density at radius 3 is 1.42 bits per heavy atom. The maximum atomic E-state index is 6.90. The largest absolute Gasteiger partial charge is 0.490 e. The lowest BCUT2D eigenvalue weighted by atomic mass is 9.41. The van der Waals surface area contributed by atoms with Crippen LogP contribution in [0.5, 0.6) is 28.7 Å². The summed E-state index contributed by atoms with van der Waals surface area (Å²) in [5, 5.41) is 0. The van der Waals surface area contributed by atoms with Gasteiger partial charge in [-0.25, -0.2) is 0 Å². The van der Waals surface area contributed by atoms with E-state index in [1.807, 2.05) is 0 Å². The molecular weight excluding hydrogens is 668 g/mol. The Kier molecular flexibility index (Phi) is 8.10. The Labute approximate surface area is 304 Å². The van der Waals surface area contributed by atoms with Gasteiger partial charge in [0.2, 0.25) is 5.75 Å². The number of rotatable bonds is 20. The second-order valence-corrected chi connectivity index (χ2v) is 17.0. The highest BCUT2D eigenvalue weighted by atomic mass is 16.6. The zero-order valence-corrected chi connectivity index (χ0v) is 29.9. The minimum Gasteiger partial charge on any atom is -0.490 e. The fraction of sp³-hybridized carbons (Fsp3) is 0.707. The zero-order valence-electron chi connectivity index (χ0n) is 29.9. The quantitative estimate of drug-likeness (QED) is 0.177. The summed E-state index contributed by atoms with van der Waals surface area (Å²) in [7, 11) is 0. The van der Waals surface area contributed by atoms with Crippen LogP contribution in [0.25, 0.3) is 0 Å². The highest BCUT2D eigenvalue weighted by Gasteiger charge is 2.60. The topological polar surface area (TPSA) is 121 Å². The normalized spacial score (nSPS) is 38.1. The Hall–Kier alpha value is -2.80. The van der Waals surface area contributed by atoms with Gasteiger partial charge in [-0.05, 0) is 75.3 Å². The fourth-order valence-corrected chi connectivity index (χ4v) is 10.1. The molecule has 0 spiro atoms. The van der Waals surface area contributed by atoms with Gasteiger partial charge in [0.15, 0.2) is 11.5 Å². The van der Waals surface area contributed by atoms with Crippen LogP contribution in [0, 0.1) is 11.8 Å². The minimum absolute atomic E-state index is 0.0367. The number of epoxide rings is 6. The fourth-order valence-electron chi connectivity index (χ4n) is 10.1. The molecule has 8 unspecified atom stereocenters. The van der Waals surface area contributed by atoms with Crippen LogP contribution in [-0.2, 0) is 45.7 Å². The average molecular weight is 719 g/mol. The molecule has 6 saturated heterocycles. The molecule has 0 amide bonds. The Bertz CT molecular complexity index is 1520. The maximum Gasteiger partial charge on any atom is 0.203 e. The van der Waals surface area contributed by atoms with Crippen molar-refractivity contribution in [1.29, 1.82) is 0 Å². The molecule has 0 radical (unpaired) electrons. The SMILES string of the molecule is c1cc(C23CC4CC(C2)CC(c2ccc(OCC5CO5)c(OCC5CO5)c2OCC2CO2)(C4)C3)c(OCC2CO2)c(CCC2CO2)c1OCC1CO1. The predicted molar refractivity (Wildman–Crippen MR) is 185 cm³/mol. The van der Waals surface area contributed by atoms with E-state index in [0.717, 1.165) is 89.0 Å². The van der Waals surface area contributed by atoms with Crippen molar-refractivity contribution in [3.8, 4) is 28.7 Å². The van der Waals surface area contributed by atoms with Gasteiger partial charge < -0.3 is 52.1 Å². The summed E-state index contributed by atoms with van der Waals surface area (Å²) in [6.45, 7) is 7.13. The molecule has 12 rings (SSSR count). The first kappa shape index (κ1) is 32.6. The molecule has 11 heteroatoms. The summed E-state index contributed by atoms with van der Waals surface area (Å²) >= 11 is 0. The summed E-state index contributed by atoms with van der Waals surface area (Å²) in [5.41, 5.74) is 3.65. The molecule has 2 aromatic rings. The highest BCUT2D eigenvalue weighted by molar-refractivity contribution is 5.60. The highest BCUT2D eigenvalue weighted by Crippen LogP contribution is 2.69. The average Bonchev–Trinajstić information content (AvgIpc) is 3.93. The summed E-state index contributed by atoms with van der Waals surface area (Å²) < 4.78 is 66.6. The van der Waals surface area contributed by atoms with Crippen molar-refractivity contribution < 1.29 is 52.1 Å². The van der Waals surface area contributed by atoms with E-state index in [1.165, 1.54) is 36.0 Å². The van der Waals surface area contributed by atoms with E-state index >= 15 is 0 Å². The van der Waals surface area contributed by atoms with Gasteiger partial charge in [-0.1, -0.05) is 12.1 Å². The van der Waals surface area contributed by atoms with E-state index in [9.17, 15) is 0 Å². The van der Waals surface area contributed by atoms with Gasteiger partial charge in [-0.15, -0.1) is 0 Å². The van der Waals surface area contributed by atoms with Gasteiger partial charge in [-0.2, -0.15) is 0 Å². The van der Waals surface area contributed by atoms with Crippen LogP contribution in [0.2, 0.25) is 0 Å². The lowest BCUT2D eigenvalue weighted by molar-refractivity contribution is -0.0304. The van der Waals surface area contributed by atoms with E-state index in [0.29, 0.717) is 62.5 Å². The first-order valence-corrected chi connectivity index (χ1v) is 19.8. The molecule has 10 fully saturated rings. The molecular formula is C41H50O11. The molecule has 10 aliphatic rings. The van der Waals surface area contributed by atoms with Gasteiger partial charge in [0.05, 0.1) is 45.7 Å². The molecule has 4 saturated carbocycles. The van der Waals surface area contributed by atoms with Crippen molar-refractivity contribution in [1.82, 2.24) is 0 Å². The molecule has 8 atom stereocenters. The van der Waals surface area contributed by atoms with Gasteiger partial charge >= 0.3 is 0 Å². The summed E-state index contributed by atoms with van der Waals surface area (Å²) in [6, 6.07) is 8.96. The van der Waals surface area contributed by atoms with Crippen molar-refractivity contribution in [2.24, 2.45) is 11.8 Å². The lowest BCUT2D eigenvalue weighted by Gasteiger charge is -2.63.